The van der Waals surface area contributed by atoms with Crippen molar-refractivity contribution in [3.05, 3.63) is 24.3 Å². The Kier molecular flexibility index (Phi) is 5.44. The van der Waals surface area contributed by atoms with Crippen LogP contribution in [0.4, 0.5) is 11.4 Å². The number of likely N-dealkylation sites (N-methyl/N-ethyl adjacent to an activating group) is 1. The van der Waals surface area contributed by atoms with Crippen molar-refractivity contribution in [2.45, 2.75) is 4.71 Å². The van der Waals surface area contributed by atoms with Crippen molar-refractivity contribution < 1.29 is 0 Å². The number of hydrogen-bond acceptors (Lipinski definition) is 6. The van der Waals surface area contributed by atoms with Crippen LogP contribution in [0.3, 0.4) is 0 Å². The van der Waals surface area contributed by atoms with Gasteiger partial charge < -0.3 is 14.7 Å². The number of piperazine rings is 2. The summed E-state index contributed by atoms with van der Waals surface area (Å²) in [6.07, 6.45) is 0. The minimum absolute atomic E-state index is 0.0572. The largest absolute Gasteiger partial charge is 0.369 e. The molecule has 4 nitrogen and oxygen atoms in total. The molecule has 0 unspecified atom stereocenters. The molecule has 122 valence electrons. The average molecular weight is 339 g/mol. The molecule has 2 fully saturated rings. The van der Waals surface area contributed by atoms with Crippen LogP contribution in [-0.2, 0) is 0 Å². The van der Waals surface area contributed by atoms with E-state index in [0.29, 0.717) is 0 Å². The van der Waals surface area contributed by atoms with Crippen molar-refractivity contribution in [1.82, 2.24) is 9.80 Å². The zero-order valence-corrected chi connectivity index (χ0v) is 15.0. The van der Waals surface area contributed by atoms with Crippen LogP contribution in [0, 0.1) is 0 Å². The smallest absolute Gasteiger partial charge is 0.0970 e. The zero-order valence-electron chi connectivity index (χ0n) is 13.2. The highest BCUT2D eigenvalue weighted by Gasteiger charge is 2.20. The molecule has 0 N–H and O–H groups in total. The Morgan fingerprint density at radius 2 is 1.14 bits per heavy atom. The fraction of sp³-hybridized carbons (Fsp3) is 0.625. The molecule has 0 bridgehead atoms. The summed E-state index contributed by atoms with van der Waals surface area (Å²) in [4.78, 5) is 9.62. The number of hydrogen-bond donors (Lipinski definition) is 2. The highest BCUT2D eigenvalue weighted by molar-refractivity contribution is 7.99. The van der Waals surface area contributed by atoms with Gasteiger partial charge in [0.25, 0.3) is 0 Å². The Morgan fingerprint density at radius 3 is 1.55 bits per heavy atom. The van der Waals surface area contributed by atoms with Gasteiger partial charge >= 0.3 is 0 Å². The number of benzene rings is 1. The van der Waals surface area contributed by atoms with Crippen molar-refractivity contribution >= 4 is 36.6 Å². The number of anilines is 2. The van der Waals surface area contributed by atoms with Gasteiger partial charge in [-0.2, -0.15) is 0 Å². The standard InChI is InChI=1S/C16H26N4S2/c1-17-6-8-18(9-7-17)14-2-4-15(5-3-14)19-10-12-20(13-11-19)16(21)22/h2-5,16,21-22H,6-13H2,1H3. The fourth-order valence-electron chi connectivity index (χ4n) is 3.15. The van der Waals surface area contributed by atoms with Gasteiger partial charge in [-0.25, -0.2) is 0 Å². The minimum atomic E-state index is 0.0572. The quantitative estimate of drug-likeness (QED) is 0.643. The summed E-state index contributed by atoms with van der Waals surface area (Å²) >= 11 is 8.80. The highest BCUT2D eigenvalue weighted by atomic mass is 32.2. The second-order valence-corrected chi connectivity index (χ2v) is 7.56. The van der Waals surface area contributed by atoms with Gasteiger partial charge in [0.15, 0.2) is 0 Å². The van der Waals surface area contributed by atoms with Crippen LogP contribution in [-0.4, -0.2) is 73.9 Å². The molecule has 2 aliphatic heterocycles. The van der Waals surface area contributed by atoms with Crippen molar-refractivity contribution in [3.8, 4) is 0 Å². The van der Waals surface area contributed by atoms with Crippen molar-refractivity contribution in [1.29, 1.82) is 0 Å². The normalized spacial score (nSPS) is 21.6. The molecule has 1 aromatic carbocycles. The van der Waals surface area contributed by atoms with E-state index in [2.05, 4.69) is 76.2 Å². The molecule has 0 aliphatic carbocycles. The predicted octanol–water partition coefficient (Wildman–Crippen LogP) is 1.70. The first-order valence-electron chi connectivity index (χ1n) is 8.02. The monoisotopic (exact) mass is 338 g/mol. The molecule has 2 heterocycles. The van der Waals surface area contributed by atoms with E-state index in [9.17, 15) is 0 Å². The summed E-state index contributed by atoms with van der Waals surface area (Å²) in [5, 5.41) is 0. The first-order chi connectivity index (χ1) is 10.6. The summed E-state index contributed by atoms with van der Waals surface area (Å²) < 4.78 is 0.0572. The summed E-state index contributed by atoms with van der Waals surface area (Å²) in [6.45, 7) is 8.70. The summed E-state index contributed by atoms with van der Waals surface area (Å²) in [5.74, 6) is 0. The number of nitrogens with zero attached hydrogens (tertiary/aromatic N) is 4. The molecule has 6 heteroatoms. The van der Waals surface area contributed by atoms with E-state index in [4.69, 9.17) is 0 Å². The summed E-state index contributed by atoms with van der Waals surface area (Å²) in [6, 6.07) is 9.07. The molecule has 22 heavy (non-hydrogen) atoms. The first kappa shape index (κ1) is 16.3. The zero-order chi connectivity index (χ0) is 15.5. The molecule has 0 saturated carbocycles. The van der Waals surface area contributed by atoms with Gasteiger partial charge in [0, 0.05) is 63.7 Å². The lowest BCUT2D eigenvalue weighted by atomic mass is 10.2. The van der Waals surface area contributed by atoms with E-state index in [1.54, 1.807) is 0 Å². The lowest BCUT2D eigenvalue weighted by Crippen LogP contribution is -2.47. The molecule has 2 aliphatic rings. The van der Waals surface area contributed by atoms with Crippen LogP contribution in [0.15, 0.2) is 24.3 Å². The van der Waals surface area contributed by atoms with Gasteiger partial charge in [-0.15, -0.1) is 25.3 Å². The molecule has 0 radical (unpaired) electrons. The van der Waals surface area contributed by atoms with Crippen molar-refractivity contribution in [2.75, 3.05) is 69.2 Å². The maximum absolute atomic E-state index is 4.40. The van der Waals surface area contributed by atoms with Crippen LogP contribution in [0.1, 0.15) is 0 Å². The van der Waals surface area contributed by atoms with Gasteiger partial charge in [0.2, 0.25) is 0 Å². The van der Waals surface area contributed by atoms with Gasteiger partial charge in [-0.1, -0.05) is 0 Å². The van der Waals surface area contributed by atoms with E-state index in [-0.39, 0.29) is 4.71 Å². The second-order valence-electron chi connectivity index (χ2n) is 6.18. The highest BCUT2D eigenvalue weighted by Crippen LogP contribution is 2.23. The van der Waals surface area contributed by atoms with Crippen LogP contribution in [0.25, 0.3) is 0 Å². The maximum Gasteiger partial charge on any atom is 0.0970 e. The second kappa shape index (κ2) is 7.34. The fourth-order valence-corrected chi connectivity index (χ4v) is 3.61. The van der Waals surface area contributed by atoms with Crippen LogP contribution in [0.5, 0.6) is 0 Å². The minimum Gasteiger partial charge on any atom is -0.369 e. The Hall–Kier alpha value is -0.560. The Labute approximate surface area is 144 Å². The van der Waals surface area contributed by atoms with Crippen LogP contribution >= 0.6 is 25.3 Å². The topological polar surface area (TPSA) is 13.0 Å². The number of rotatable bonds is 3. The predicted molar refractivity (Wildman–Crippen MR) is 102 cm³/mol. The van der Waals surface area contributed by atoms with Crippen molar-refractivity contribution in [2.24, 2.45) is 0 Å². The third-order valence-corrected chi connectivity index (χ3v) is 5.38. The summed E-state index contributed by atoms with van der Waals surface area (Å²) in [7, 11) is 2.19. The molecule has 0 atom stereocenters. The molecule has 0 amide bonds. The Morgan fingerprint density at radius 1 is 0.727 bits per heavy atom. The SMILES string of the molecule is CN1CCN(c2ccc(N3CCN(C(S)S)CC3)cc2)CC1. The van der Waals surface area contributed by atoms with E-state index in [0.717, 1.165) is 52.4 Å². The van der Waals surface area contributed by atoms with Gasteiger partial charge in [0.05, 0.1) is 4.71 Å². The molecular formula is C16H26N4S2. The van der Waals surface area contributed by atoms with Crippen LogP contribution in [0.2, 0.25) is 0 Å². The van der Waals surface area contributed by atoms with Gasteiger partial charge in [-0.05, 0) is 31.3 Å². The Balaban J connectivity index is 1.58. The molecular weight excluding hydrogens is 312 g/mol. The van der Waals surface area contributed by atoms with E-state index < -0.39 is 0 Å². The first-order valence-corrected chi connectivity index (χ1v) is 9.05. The third-order valence-electron chi connectivity index (χ3n) is 4.72. The maximum atomic E-state index is 4.40. The van der Waals surface area contributed by atoms with Gasteiger partial charge in [-0.3, -0.25) is 4.90 Å². The Bertz CT molecular complexity index is 464. The van der Waals surface area contributed by atoms with E-state index in [1.807, 2.05) is 0 Å². The average Bonchev–Trinajstić information content (AvgIpc) is 2.56. The number of thiol groups is 2. The van der Waals surface area contributed by atoms with Crippen molar-refractivity contribution in [3.63, 3.8) is 0 Å². The lowest BCUT2D eigenvalue weighted by molar-refractivity contribution is 0.287. The van der Waals surface area contributed by atoms with Crippen LogP contribution < -0.4 is 9.80 Å². The molecule has 0 aromatic heterocycles. The van der Waals surface area contributed by atoms with E-state index >= 15 is 0 Å². The lowest BCUT2D eigenvalue weighted by Gasteiger charge is -2.38. The molecule has 0 spiro atoms. The molecule has 2 saturated heterocycles. The van der Waals surface area contributed by atoms with Gasteiger partial charge in [0.1, 0.15) is 0 Å². The van der Waals surface area contributed by atoms with E-state index in [1.165, 1.54) is 11.4 Å². The third kappa shape index (κ3) is 3.85. The molecule has 1 aromatic rings. The molecule has 3 rings (SSSR count). The summed E-state index contributed by atoms with van der Waals surface area (Å²) in [5.41, 5.74) is 2.67.